The Morgan fingerprint density at radius 1 is 0.893 bits per heavy atom. The molecule has 0 aromatic heterocycles. The second kappa shape index (κ2) is 9.55. The molecule has 4 rings (SSSR count). The predicted molar refractivity (Wildman–Crippen MR) is 112 cm³/mol. The molecule has 0 amide bonds. The largest absolute Gasteiger partial charge is 0.491 e. The molecule has 0 bridgehead atoms. The van der Waals surface area contributed by atoms with E-state index < -0.39 is 6.10 Å². The average Bonchev–Trinajstić information content (AvgIpc) is 2.73. The molecule has 0 spiro atoms. The van der Waals surface area contributed by atoms with Crippen LogP contribution in [-0.2, 0) is 19.5 Å². The number of nitrogens with zero attached hydrogens (tertiary/aromatic N) is 2. The van der Waals surface area contributed by atoms with Crippen molar-refractivity contribution in [3.8, 4) is 5.75 Å². The van der Waals surface area contributed by atoms with Gasteiger partial charge in [0.25, 0.3) is 0 Å². The molecule has 2 aliphatic rings. The van der Waals surface area contributed by atoms with E-state index >= 15 is 0 Å². The van der Waals surface area contributed by atoms with Crippen LogP contribution in [0.15, 0.2) is 48.5 Å². The van der Waals surface area contributed by atoms with Crippen molar-refractivity contribution < 1.29 is 9.84 Å². The Bertz CT molecular complexity index is 758. The van der Waals surface area contributed by atoms with Gasteiger partial charge < -0.3 is 9.84 Å². The van der Waals surface area contributed by atoms with Crippen LogP contribution in [0.2, 0.25) is 0 Å². The highest BCUT2D eigenvalue weighted by Gasteiger charge is 2.19. The number of hydrogen-bond acceptors (Lipinski definition) is 4. The predicted octanol–water partition coefficient (Wildman–Crippen LogP) is 3.47. The van der Waals surface area contributed by atoms with Crippen molar-refractivity contribution in [2.24, 2.45) is 0 Å². The molecule has 4 nitrogen and oxygen atoms in total. The fraction of sp³-hybridized carbons (Fsp3) is 0.500. The second-order valence-corrected chi connectivity index (χ2v) is 8.20. The zero-order chi connectivity index (χ0) is 19.2. The lowest BCUT2D eigenvalue weighted by molar-refractivity contribution is 0.0637. The number of rotatable bonds is 7. The summed E-state index contributed by atoms with van der Waals surface area (Å²) in [4.78, 5) is 4.84. The summed E-state index contributed by atoms with van der Waals surface area (Å²) in [6, 6.07) is 16.9. The van der Waals surface area contributed by atoms with Crippen LogP contribution in [0, 0.1) is 0 Å². The molecule has 150 valence electrons. The molecule has 1 unspecified atom stereocenters. The van der Waals surface area contributed by atoms with Gasteiger partial charge in [-0.2, -0.15) is 0 Å². The first-order valence-electron chi connectivity index (χ1n) is 10.7. The molecular formula is C24H32N2O2. The van der Waals surface area contributed by atoms with Gasteiger partial charge in [-0.1, -0.05) is 42.8 Å². The number of hydrogen-bond donors (Lipinski definition) is 1. The monoisotopic (exact) mass is 380 g/mol. The standard InChI is InChI=1S/C24H32N2O2/c27-23(18-26-14-11-21-8-2-3-9-22(21)17-26)19-28-24-10-6-7-20(15-24)16-25-12-4-1-5-13-25/h2-3,6-10,15,23,27H,1,4-5,11-14,16-19H2. The molecule has 4 heteroatoms. The van der Waals surface area contributed by atoms with E-state index in [9.17, 15) is 5.11 Å². The van der Waals surface area contributed by atoms with E-state index in [1.165, 1.54) is 49.0 Å². The van der Waals surface area contributed by atoms with Crippen LogP contribution in [0.5, 0.6) is 5.75 Å². The molecule has 2 aliphatic heterocycles. The van der Waals surface area contributed by atoms with E-state index in [-0.39, 0.29) is 0 Å². The number of aliphatic hydroxyl groups excluding tert-OH is 1. The van der Waals surface area contributed by atoms with Gasteiger partial charge in [0.2, 0.25) is 0 Å². The molecular weight excluding hydrogens is 348 g/mol. The maximum absolute atomic E-state index is 10.5. The lowest BCUT2D eigenvalue weighted by Gasteiger charge is -2.30. The van der Waals surface area contributed by atoms with Crippen molar-refractivity contribution in [2.45, 2.75) is 44.9 Å². The van der Waals surface area contributed by atoms with Gasteiger partial charge in [-0.05, 0) is 61.2 Å². The summed E-state index contributed by atoms with van der Waals surface area (Å²) >= 11 is 0. The third-order valence-electron chi connectivity index (χ3n) is 5.87. The minimum Gasteiger partial charge on any atom is -0.491 e. The summed E-state index contributed by atoms with van der Waals surface area (Å²) in [7, 11) is 0. The Kier molecular flexibility index (Phi) is 6.63. The van der Waals surface area contributed by atoms with Crippen molar-refractivity contribution in [3.05, 3.63) is 65.2 Å². The quantitative estimate of drug-likeness (QED) is 0.798. The second-order valence-electron chi connectivity index (χ2n) is 8.20. The fourth-order valence-corrected chi connectivity index (χ4v) is 4.36. The Balaban J connectivity index is 1.24. The first-order valence-corrected chi connectivity index (χ1v) is 10.7. The molecule has 1 atom stereocenters. The number of ether oxygens (including phenoxy) is 1. The number of benzene rings is 2. The Morgan fingerprint density at radius 3 is 2.57 bits per heavy atom. The summed E-state index contributed by atoms with van der Waals surface area (Å²) in [5.41, 5.74) is 4.11. The van der Waals surface area contributed by atoms with Gasteiger partial charge in [-0.15, -0.1) is 0 Å². The minimum absolute atomic E-state index is 0.339. The molecule has 1 fully saturated rings. The van der Waals surface area contributed by atoms with E-state index in [1.807, 2.05) is 6.07 Å². The molecule has 1 N–H and O–H groups in total. The van der Waals surface area contributed by atoms with Gasteiger partial charge in [0.15, 0.2) is 0 Å². The van der Waals surface area contributed by atoms with Crippen LogP contribution >= 0.6 is 0 Å². The third-order valence-corrected chi connectivity index (χ3v) is 5.87. The van der Waals surface area contributed by atoms with Crippen LogP contribution in [-0.4, -0.2) is 53.8 Å². The van der Waals surface area contributed by atoms with Crippen LogP contribution in [0.4, 0.5) is 0 Å². The third kappa shape index (κ3) is 5.34. The van der Waals surface area contributed by atoms with E-state index in [0.29, 0.717) is 13.2 Å². The zero-order valence-electron chi connectivity index (χ0n) is 16.7. The van der Waals surface area contributed by atoms with E-state index in [4.69, 9.17) is 4.74 Å². The number of piperidine rings is 1. The van der Waals surface area contributed by atoms with Gasteiger partial charge >= 0.3 is 0 Å². The Labute approximate surface area is 168 Å². The van der Waals surface area contributed by atoms with Crippen LogP contribution in [0.25, 0.3) is 0 Å². The maximum Gasteiger partial charge on any atom is 0.119 e. The van der Waals surface area contributed by atoms with Crippen LogP contribution in [0.1, 0.15) is 36.0 Å². The van der Waals surface area contributed by atoms with Crippen molar-refractivity contribution in [3.63, 3.8) is 0 Å². The van der Waals surface area contributed by atoms with Gasteiger partial charge in [-0.25, -0.2) is 0 Å². The zero-order valence-corrected chi connectivity index (χ0v) is 16.7. The Hall–Kier alpha value is -1.88. The minimum atomic E-state index is -0.476. The van der Waals surface area contributed by atoms with Crippen molar-refractivity contribution >= 4 is 0 Å². The molecule has 28 heavy (non-hydrogen) atoms. The summed E-state index contributed by atoms with van der Waals surface area (Å²) in [6.45, 7) is 6.30. The maximum atomic E-state index is 10.5. The SMILES string of the molecule is OC(COc1cccc(CN2CCCCC2)c1)CN1CCc2ccccc2C1. The topological polar surface area (TPSA) is 35.9 Å². The normalized spacial score (nSPS) is 19.2. The summed E-state index contributed by atoms with van der Waals surface area (Å²) in [5.74, 6) is 0.859. The van der Waals surface area contributed by atoms with Gasteiger partial charge in [0.05, 0.1) is 0 Å². The average molecular weight is 381 g/mol. The lowest BCUT2D eigenvalue weighted by atomic mass is 10.00. The molecule has 2 aromatic rings. The molecule has 2 heterocycles. The van der Waals surface area contributed by atoms with Gasteiger partial charge in [0.1, 0.15) is 18.5 Å². The molecule has 2 aromatic carbocycles. The molecule has 0 radical (unpaired) electrons. The highest BCUT2D eigenvalue weighted by molar-refractivity contribution is 5.29. The highest BCUT2D eigenvalue weighted by atomic mass is 16.5. The lowest BCUT2D eigenvalue weighted by Crippen LogP contribution is -2.38. The number of β-amino-alcohol motifs (C(OH)–C–C–N with tert-alkyl or cyclic N) is 1. The number of aliphatic hydroxyl groups is 1. The number of fused-ring (bicyclic) bond motifs is 1. The fourth-order valence-electron chi connectivity index (χ4n) is 4.36. The summed E-state index contributed by atoms with van der Waals surface area (Å²) in [5, 5.41) is 10.5. The van der Waals surface area contributed by atoms with E-state index in [2.05, 4.69) is 52.3 Å². The van der Waals surface area contributed by atoms with Gasteiger partial charge in [-0.3, -0.25) is 9.80 Å². The first kappa shape index (κ1) is 19.4. The number of likely N-dealkylation sites (tertiary alicyclic amines) is 1. The Morgan fingerprint density at radius 2 is 1.71 bits per heavy atom. The summed E-state index contributed by atoms with van der Waals surface area (Å²) < 4.78 is 5.91. The molecule has 1 saturated heterocycles. The smallest absolute Gasteiger partial charge is 0.119 e. The van der Waals surface area contributed by atoms with E-state index in [0.717, 1.165) is 31.8 Å². The van der Waals surface area contributed by atoms with Crippen LogP contribution in [0.3, 0.4) is 0 Å². The van der Waals surface area contributed by atoms with Gasteiger partial charge in [0, 0.05) is 26.2 Å². The van der Waals surface area contributed by atoms with Crippen molar-refractivity contribution in [1.29, 1.82) is 0 Å². The van der Waals surface area contributed by atoms with E-state index in [1.54, 1.807) is 0 Å². The highest BCUT2D eigenvalue weighted by Crippen LogP contribution is 2.20. The molecule has 0 aliphatic carbocycles. The molecule has 0 saturated carbocycles. The van der Waals surface area contributed by atoms with Crippen molar-refractivity contribution in [1.82, 2.24) is 9.80 Å². The van der Waals surface area contributed by atoms with Crippen molar-refractivity contribution in [2.75, 3.05) is 32.8 Å². The first-order chi connectivity index (χ1) is 13.8. The van der Waals surface area contributed by atoms with Crippen LogP contribution < -0.4 is 4.74 Å². The summed E-state index contributed by atoms with van der Waals surface area (Å²) in [6.07, 6.45) is 4.56.